The fourth-order valence-corrected chi connectivity index (χ4v) is 0. The van der Waals surface area contributed by atoms with Crippen molar-refractivity contribution in [1.29, 1.82) is 0 Å². The first-order chi connectivity index (χ1) is 8.24. The zero-order chi connectivity index (χ0) is 15.5. The van der Waals surface area contributed by atoms with E-state index in [0.717, 1.165) is 0 Å². The Morgan fingerprint density at radius 3 is 0.529 bits per heavy atom. The molecule has 0 spiro atoms. The van der Waals surface area contributed by atoms with Gasteiger partial charge >= 0.3 is 0 Å². The van der Waals surface area contributed by atoms with Gasteiger partial charge < -0.3 is 0 Å². The van der Waals surface area contributed by atoms with Crippen LogP contribution in [-0.4, -0.2) is 0 Å². The summed E-state index contributed by atoms with van der Waals surface area (Å²) in [6.45, 7) is 27.0. The highest BCUT2D eigenvalue weighted by molar-refractivity contribution is 4.22. The highest BCUT2D eigenvalue weighted by Gasteiger charge is 1.56. The summed E-state index contributed by atoms with van der Waals surface area (Å²) in [5.41, 5.74) is 0. The highest BCUT2D eigenvalue weighted by atomic mass is 13.6. The molecule has 0 bridgehead atoms. The van der Waals surface area contributed by atoms with E-state index in [1.807, 2.05) is 27.7 Å². The number of hydrogen-bond donors (Lipinski definition) is 0. The maximum absolute atomic E-state index is 3.00. The lowest BCUT2D eigenvalue weighted by Gasteiger charge is -1.68. The molecule has 0 aliphatic rings. The summed E-state index contributed by atoms with van der Waals surface area (Å²) >= 11 is 0. The predicted octanol–water partition coefficient (Wildman–Crippen LogP) is 7.88. The molecule has 17 heavy (non-hydrogen) atoms. The van der Waals surface area contributed by atoms with Gasteiger partial charge in [-0.05, 0) is 0 Å². The Labute approximate surface area is 115 Å². The van der Waals surface area contributed by atoms with Crippen molar-refractivity contribution in [3.63, 3.8) is 0 Å². The van der Waals surface area contributed by atoms with Crippen molar-refractivity contribution in [1.82, 2.24) is 0 Å². The molecule has 0 aliphatic carbocycles. The van der Waals surface area contributed by atoms with Gasteiger partial charge in [-0.25, -0.2) is 0 Å². The standard InChI is InChI=1S/2C4H10.C3H8.2C2H6.C2H4/c2*1-3-4-2;1-3-2;3*1-2/h2*3-4H2,1-2H3;3H2,1-2H3;2*1-2H3;1-2H2. The van der Waals surface area contributed by atoms with Crippen LogP contribution in [0.25, 0.3) is 0 Å². The van der Waals surface area contributed by atoms with Gasteiger partial charge in [-0.1, -0.05) is 101 Å². The van der Waals surface area contributed by atoms with Gasteiger partial charge in [0, 0.05) is 0 Å². The normalized spacial score (nSPS) is 5.53. The second-order valence-corrected chi connectivity index (χ2v) is 2.71. The molecule has 0 N–H and O–H groups in total. The first-order valence-electron chi connectivity index (χ1n) is 7.74. The SMILES string of the molecule is C=C.CC.CC.CCC.CCCC.CCCC. The second kappa shape index (κ2) is 152. The van der Waals surface area contributed by atoms with Crippen molar-refractivity contribution < 1.29 is 0 Å². The summed E-state index contributed by atoms with van der Waals surface area (Å²) in [5.74, 6) is 0. The molecular formula is C17H44. The van der Waals surface area contributed by atoms with Gasteiger partial charge in [0.2, 0.25) is 0 Å². The number of hydrogen-bond acceptors (Lipinski definition) is 0. The third-order valence-corrected chi connectivity index (χ3v) is 1.000. The average Bonchev–Trinajstić information content (AvgIpc) is 2.46. The zero-order valence-electron chi connectivity index (χ0n) is 14.9. The van der Waals surface area contributed by atoms with Crippen LogP contribution in [0, 0.1) is 0 Å². The molecule has 0 saturated heterocycles. The van der Waals surface area contributed by atoms with E-state index in [4.69, 9.17) is 0 Å². The van der Waals surface area contributed by atoms with E-state index < -0.39 is 0 Å². The Morgan fingerprint density at radius 2 is 0.529 bits per heavy atom. The number of rotatable bonds is 2. The van der Waals surface area contributed by atoms with Crippen molar-refractivity contribution >= 4 is 0 Å². The molecule has 0 aliphatic heterocycles. The molecule has 0 amide bonds. The van der Waals surface area contributed by atoms with E-state index in [-0.39, 0.29) is 0 Å². The van der Waals surface area contributed by atoms with E-state index in [2.05, 4.69) is 54.7 Å². The molecule has 0 fully saturated rings. The van der Waals surface area contributed by atoms with Crippen LogP contribution in [0.5, 0.6) is 0 Å². The van der Waals surface area contributed by atoms with Gasteiger partial charge in [-0.3, -0.25) is 0 Å². The fourth-order valence-electron chi connectivity index (χ4n) is 0. The third kappa shape index (κ3) is 981. The van der Waals surface area contributed by atoms with Crippen LogP contribution in [0.2, 0.25) is 0 Å². The lowest BCUT2D eigenvalue weighted by molar-refractivity contribution is 0.886. The maximum atomic E-state index is 3.00. The van der Waals surface area contributed by atoms with E-state index in [0.29, 0.717) is 0 Å². The van der Waals surface area contributed by atoms with Crippen LogP contribution in [0.4, 0.5) is 0 Å². The Kier molecular flexibility index (Phi) is 322. The van der Waals surface area contributed by atoms with E-state index in [1.54, 1.807) is 0 Å². The maximum Gasteiger partial charge on any atom is -0.0564 e. The molecule has 0 unspecified atom stereocenters. The van der Waals surface area contributed by atoms with Gasteiger partial charge in [-0.2, -0.15) is 0 Å². The molecule has 112 valence electrons. The smallest absolute Gasteiger partial charge is 0.0564 e. The molecule has 0 saturated carbocycles. The first kappa shape index (κ1) is 36.0. The minimum Gasteiger partial charge on any atom is -0.106 e. The highest BCUT2D eigenvalue weighted by Crippen LogP contribution is 1.77. The monoisotopic (exact) mass is 248 g/mol. The van der Waals surface area contributed by atoms with Gasteiger partial charge in [0.15, 0.2) is 0 Å². The first-order valence-corrected chi connectivity index (χ1v) is 7.74. The van der Waals surface area contributed by atoms with E-state index in [9.17, 15) is 0 Å². The van der Waals surface area contributed by atoms with E-state index in [1.165, 1.54) is 32.1 Å². The van der Waals surface area contributed by atoms with Crippen molar-refractivity contribution in [3.8, 4) is 0 Å². The molecule has 0 heterocycles. The molecular weight excluding hydrogens is 204 g/mol. The lowest BCUT2D eigenvalue weighted by atomic mass is 10.4. The fraction of sp³-hybridized carbons (Fsp3) is 0.882. The second-order valence-electron chi connectivity index (χ2n) is 2.71. The summed E-state index contributed by atoms with van der Waals surface area (Å²) < 4.78 is 0. The van der Waals surface area contributed by atoms with Crippen molar-refractivity contribution in [2.45, 2.75) is 101 Å². The van der Waals surface area contributed by atoms with Crippen molar-refractivity contribution in [3.05, 3.63) is 13.2 Å². The Bertz CT molecular complexity index is 23.0. The van der Waals surface area contributed by atoms with Gasteiger partial charge in [0.05, 0.1) is 0 Å². The summed E-state index contributed by atoms with van der Waals surface area (Å²) in [6, 6.07) is 0. The van der Waals surface area contributed by atoms with Gasteiger partial charge in [0.1, 0.15) is 0 Å². The minimum atomic E-state index is 1.25. The molecule has 0 nitrogen and oxygen atoms in total. The van der Waals surface area contributed by atoms with Gasteiger partial charge in [0.25, 0.3) is 0 Å². The molecule has 0 rings (SSSR count). The molecule has 0 radical (unpaired) electrons. The summed E-state index contributed by atoms with van der Waals surface area (Å²) in [5, 5.41) is 0. The molecule has 0 aromatic heterocycles. The Balaban J connectivity index is -0.0000000221. The van der Waals surface area contributed by atoms with Crippen molar-refractivity contribution in [2.24, 2.45) is 0 Å². The largest absolute Gasteiger partial charge is 0.106 e. The van der Waals surface area contributed by atoms with Crippen LogP contribution in [-0.2, 0) is 0 Å². The molecule has 0 aromatic rings. The number of unbranched alkanes of at least 4 members (excludes halogenated alkanes) is 2. The van der Waals surface area contributed by atoms with Crippen LogP contribution in [0.1, 0.15) is 101 Å². The topological polar surface area (TPSA) is 0 Å². The van der Waals surface area contributed by atoms with Gasteiger partial charge in [-0.15, -0.1) is 13.2 Å². The minimum absolute atomic E-state index is 1.25. The Hall–Kier alpha value is -0.260. The molecule has 0 aromatic carbocycles. The van der Waals surface area contributed by atoms with Crippen LogP contribution >= 0.6 is 0 Å². The zero-order valence-corrected chi connectivity index (χ0v) is 14.9. The summed E-state index contributed by atoms with van der Waals surface area (Å²) in [4.78, 5) is 0. The lowest BCUT2D eigenvalue weighted by Crippen LogP contribution is -1.47. The van der Waals surface area contributed by atoms with Crippen LogP contribution < -0.4 is 0 Å². The average molecular weight is 249 g/mol. The molecule has 0 heteroatoms. The summed E-state index contributed by atoms with van der Waals surface area (Å²) in [6.07, 6.45) is 6.53. The van der Waals surface area contributed by atoms with Crippen LogP contribution in [0.15, 0.2) is 13.2 Å². The molecule has 0 atom stereocenters. The van der Waals surface area contributed by atoms with Crippen molar-refractivity contribution in [2.75, 3.05) is 0 Å². The van der Waals surface area contributed by atoms with Crippen LogP contribution in [0.3, 0.4) is 0 Å². The third-order valence-electron chi connectivity index (χ3n) is 1.000. The Morgan fingerprint density at radius 1 is 0.471 bits per heavy atom. The predicted molar refractivity (Wildman–Crippen MR) is 91.1 cm³/mol. The summed E-state index contributed by atoms with van der Waals surface area (Å²) in [7, 11) is 0. The quantitative estimate of drug-likeness (QED) is 0.436. The van der Waals surface area contributed by atoms with E-state index >= 15 is 0 Å².